The van der Waals surface area contributed by atoms with Gasteiger partial charge in [0.25, 0.3) is 5.91 Å². The molecular weight excluding hydrogens is 332 g/mol. The van der Waals surface area contributed by atoms with Gasteiger partial charge in [0.1, 0.15) is 5.82 Å². The maximum atomic E-state index is 12.8. The number of aromatic nitrogens is 2. The Morgan fingerprint density at radius 3 is 2.46 bits per heavy atom. The summed E-state index contributed by atoms with van der Waals surface area (Å²) in [5.74, 6) is 2.04. The Kier molecular flexibility index (Phi) is 4.00. The fraction of sp³-hybridized carbons (Fsp3) is 0.737. The van der Waals surface area contributed by atoms with E-state index in [1.54, 1.807) is 4.68 Å². The lowest BCUT2D eigenvalue weighted by Crippen LogP contribution is -2.61. The number of rotatable bonds is 4. The zero-order valence-electron chi connectivity index (χ0n) is 16.0. The van der Waals surface area contributed by atoms with E-state index in [0.717, 1.165) is 37.9 Å². The van der Waals surface area contributed by atoms with E-state index in [9.17, 15) is 9.59 Å². The number of methoxy groups -OCH3 is 1. The Labute approximate surface area is 154 Å². The molecule has 4 fully saturated rings. The van der Waals surface area contributed by atoms with Crippen LogP contribution in [0.25, 0.3) is 0 Å². The zero-order chi connectivity index (χ0) is 18.6. The van der Waals surface area contributed by atoms with Crippen molar-refractivity contribution in [3.05, 3.63) is 11.8 Å². The molecule has 0 spiro atoms. The molecule has 0 saturated heterocycles. The van der Waals surface area contributed by atoms with E-state index in [0.29, 0.717) is 23.4 Å². The van der Waals surface area contributed by atoms with Gasteiger partial charge in [-0.2, -0.15) is 5.10 Å². The van der Waals surface area contributed by atoms with Crippen molar-refractivity contribution in [3.63, 3.8) is 0 Å². The molecule has 4 bridgehead atoms. The number of carbonyl (C=O) groups is 2. The lowest BCUT2D eigenvalue weighted by Gasteiger charge is -2.58. The molecule has 2 atom stereocenters. The summed E-state index contributed by atoms with van der Waals surface area (Å²) in [5.41, 5.74) is 0.142. The average Bonchev–Trinajstić information content (AvgIpc) is 2.98. The second kappa shape index (κ2) is 5.99. The van der Waals surface area contributed by atoms with Gasteiger partial charge in [0.2, 0.25) is 0 Å². The quantitative estimate of drug-likeness (QED) is 0.825. The van der Waals surface area contributed by atoms with Gasteiger partial charge in [-0.15, -0.1) is 0 Å². The summed E-state index contributed by atoms with van der Waals surface area (Å²) in [6, 6.07) is 1.96. The molecule has 4 saturated carbocycles. The maximum absolute atomic E-state index is 12.8. The van der Waals surface area contributed by atoms with Crippen LogP contribution in [0.5, 0.6) is 0 Å². The van der Waals surface area contributed by atoms with E-state index in [4.69, 9.17) is 4.74 Å². The molecular formula is C19H28N4O3. The number of hydrogen-bond acceptors (Lipinski definition) is 5. The van der Waals surface area contributed by atoms with Gasteiger partial charge in [-0.3, -0.25) is 14.3 Å². The Balaban J connectivity index is 1.51. The van der Waals surface area contributed by atoms with Crippen LogP contribution in [0, 0.1) is 23.2 Å². The van der Waals surface area contributed by atoms with Gasteiger partial charge in [-0.1, -0.05) is 0 Å². The van der Waals surface area contributed by atoms with E-state index >= 15 is 0 Å². The van der Waals surface area contributed by atoms with Crippen LogP contribution in [0.1, 0.15) is 42.6 Å². The van der Waals surface area contributed by atoms with Crippen molar-refractivity contribution in [2.45, 2.75) is 38.1 Å². The standard InChI is InChI=1S/C19H28N4O3/c1-22(2)15-7-14(21-23(15)3)17(24)20-16-12-5-11-6-13(16)10-19(8-11,9-12)18(25)26-4/h7,11-13,16H,5-6,8-10H2,1-4H3,(H,20,24). The number of aryl methyl sites for hydroxylation is 1. The fourth-order valence-electron chi connectivity index (χ4n) is 5.94. The summed E-state index contributed by atoms with van der Waals surface area (Å²) in [6.45, 7) is 0. The summed E-state index contributed by atoms with van der Waals surface area (Å²) in [7, 11) is 7.20. The van der Waals surface area contributed by atoms with Crippen molar-refractivity contribution >= 4 is 17.7 Å². The smallest absolute Gasteiger partial charge is 0.311 e. The topological polar surface area (TPSA) is 76.5 Å². The van der Waals surface area contributed by atoms with Crippen molar-refractivity contribution in [2.24, 2.45) is 30.2 Å². The predicted molar refractivity (Wildman–Crippen MR) is 96.8 cm³/mol. The molecule has 0 aromatic carbocycles. The Morgan fingerprint density at radius 2 is 1.92 bits per heavy atom. The van der Waals surface area contributed by atoms with Gasteiger partial charge < -0.3 is 15.0 Å². The van der Waals surface area contributed by atoms with Crippen LogP contribution in [-0.4, -0.2) is 48.9 Å². The molecule has 4 aliphatic carbocycles. The van der Waals surface area contributed by atoms with E-state index < -0.39 is 0 Å². The van der Waals surface area contributed by atoms with Crippen LogP contribution in [0.3, 0.4) is 0 Å². The number of nitrogens with zero attached hydrogens (tertiary/aromatic N) is 3. The van der Waals surface area contributed by atoms with Crippen LogP contribution in [0.15, 0.2) is 6.07 Å². The lowest BCUT2D eigenvalue weighted by atomic mass is 9.48. The largest absolute Gasteiger partial charge is 0.469 e. The molecule has 2 unspecified atom stereocenters. The first-order valence-corrected chi connectivity index (χ1v) is 9.43. The van der Waals surface area contributed by atoms with Crippen LogP contribution in [0.4, 0.5) is 5.82 Å². The molecule has 26 heavy (non-hydrogen) atoms. The molecule has 4 aliphatic rings. The number of ether oxygens (including phenoxy) is 1. The molecule has 142 valence electrons. The van der Waals surface area contributed by atoms with Gasteiger partial charge in [0.15, 0.2) is 5.69 Å². The van der Waals surface area contributed by atoms with Crippen molar-refractivity contribution in [3.8, 4) is 0 Å². The van der Waals surface area contributed by atoms with E-state index in [1.165, 1.54) is 7.11 Å². The zero-order valence-corrected chi connectivity index (χ0v) is 16.0. The molecule has 7 nitrogen and oxygen atoms in total. The lowest BCUT2D eigenvalue weighted by molar-refractivity contribution is -0.170. The third kappa shape index (κ3) is 2.59. The van der Waals surface area contributed by atoms with Crippen molar-refractivity contribution in [1.82, 2.24) is 15.1 Å². The highest BCUT2D eigenvalue weighted by molar-refractivity contribution is 5.93. The minimum Gasteiger partial charge on any atom is -0.469 e. The first-order chi connectivity index (χ1) is 12.3. The maximum Gasteiger partial charge on any atom is 0.311 e. The normalized spacial score (nSPS) is 34.6. The highest BCUT2D eigenvalue weighted by atomic mass is 16.5. The Bertz CT molecular complexity index is 725. The molecule has 0 radical (unpaired) electrons. The Morgan fingerprint density at radius 1 is 1.27 bits per heavy atom. The van der Waals surface area contributed by atoms with Gasteiger partial charge in [-0.25, -0.2) is 0 Å². The van der Waals surface area contributed by atoms with Crippen LogP contribution >= 0.6 is 0 Å². The highest BCUT2D eigenvalue weighted by Crippen LogP contribution is 2.60. The van der Waals surface area contributed by atoms with Crippen molar-refractivity contribution < 1.29 is 14.3 Å². The minimum atomic E-state index is -0.310. The minimum absolute atomic E-state index is 0.0537. The number of amides is 1. The van der Waals surface area contributed by atoms with Gasteiger partial charge in [0, 0.05) is 33.3 Å². The van der Waals surface area contributed by atoms with Gasteiger partial charge >= 0.3 is 5.97 Å². The third-order valence-electron chi connectivity index (χ3n) is 6.74. The predicted octanol–water partition coefficient (Wildman–Crippen LogP) is 1.58. The molecule has 0 aliphatic heterocycles. The van der Waals surface area contributed by atoms with E-state index in [2.05, 4.69) is 10.4 Å². The number of nitrogens with one attached hydrogen (secondary N) is 1. The summed E-state index contributed by atoms with van der Waals surface area (Å²) in [4.78, 5) is 27.1. The van der Waals surface area contributed by atoms with E-state index in [-0.39, 0.29) is 23.3 Å². The molecule has 1 N–H and O–H groups in total. The SMILES string of the molecule is COC(=O)C12CC3CC(C1)C(NC(=O)c1cc(N(C)C)n(C)n1)C(C3)C2. The number of hydrogen-bond donors (Lipinski definition) is 1. The molecule has 1 amide bonds. The van der Waals surface area contributed by atoms with Crippen LogP contribution in [0.2, 0.25) is 0 Å². The Hall–Kier alpha value is -2.05. The summed E-state index contributed by atoms with van der Waals surface area (Å²) < 4.78 is 6.84. The molecule has 7 heteroatoms. The molecule has 1 aromatic heterocycles. The molecule has 1 heterocycles. The first kappa shape index (κ1) is 17.4. The molecule has 1 aromatic rings. The summed E-state index contributed by atoms with van der Waals surface area (Å²) in [5, 5.41) is 7.61. The fourth-order valence-corrected chi connectivity index (χ4v) is 5.94. The van der Waals surface area contributed by atoms with Crippen molar-refractivity contribution in [2.75, 3.05) is 26.1 Å². The second-order valence-electron chi connectivity index (χ2n) is 8.65. The number of carbonyl (C=O) groups excluding carboxylic acids is 2. The van der Waals surface area contributed by atoms with Gasteiger partial charge in [0.05, 0.1) is 12.5 Å². The van der Waals surface area contributed by atoms with Gasteiger partial charge in [-0.05, 0) is 49.9 Å². The number of anilines is 1. The molecule has 5 rings (SSSR count). The monoisotopic (exact) mass is 360 g/mol. The first-order valence-electron chi connectivity index (χ1n) is 9.43. The second-order valence-corrected chi connectivity index (χ2v) is 8.65. The summed E-state index contributed by atoms with van der Waals surface area (Å²) >= 11 is 0. The van der Waals surface area contributed by atoms with Crippen molar-refractivity contribution in [1.29, 1.82) is 0 Å². The highest BCUT2D eigenvalue weighted by Gasteiger charge is 2.59. The number of esters is 1. The summed E-state index contributed by atoms with van der Waals surface area (Å²) in [6.07, 6.45) is 4.84. The van der Waals surface area contributed by atoms with Crippen LogP contribution in [-0.2, 0) is 16.6 Å². The average molecular weight is 360 g/mol. The third-order valence-corrected chi connectivity index (χ3v) is 6.74. The van der Waals surface area contributed by atoms with E-state index in [1.807, 2.05) is 32.1 Å². The van der Waals surface area contributed by atoms with Crippen LogP contribution < -0.4 is 10.2 Å².